The number of nitrogens with zero attached hydrogens (tertiary/aromatic N) is 5. The fourth-order valence-corrected chi connectivity index (χ4v) is 3.99. The molecule has 30 heavy (non-hydrogen) atoms. The van der Waals surface area contributed by atoms with Crippen molar-refractivity contribution in [1.29, 1.82) is 0 Å². The van der Waals surface area contributed by atoms with Gasteiger partial charge < -0.3 is 15.4 Å². The van der Waals surface area contributed by atoms with Crippen LogP contribution in [0.3, 0.4) is 0 Å². The standard InChI is InChI=1S/C19H26F3N7O/c1-3-23-17-15(19(20,21)22)10-24-18(27-17)26-16-11-25-29(12(16)2)14-8-13(9-14)28-4-6-30-7-5-28/h10-11,13-14H,3-9H2,1-2H3,(H2,23,24,26,27). The molecule has 0 aromatic carbocycles. The summed E-state index contributed by atoms with van der Waals surface area (Å²) in [6.45, 7) is 7.50. The van der Waals surface area contributed by atoms with Gasteiger partial charge in [0, 0.05) is 31.9 Å². The van der Waals surface area contributed by atoms with E-state index in [1.165, 1.54) is 0 Å². The lowest BCUT2D eigenvalue weighted by Gasteiger charge is -2.44. The van der Waals surface area contributed by atoms with E-state index < -0.39 is 11.7 Å². The third kappa shape index (κ3) is 4.22. The number of hydrogen-bond donors (Lipinski definition) is 2. The van der Waals surface area contributed by atoms with E-state index in [-0.39, 0.29) is 11.8 Å². The first-order valence-electron chi connectivity index (χ1n) is 10.2. The number of hydrogen-bond acceptors (Lipinski definition) is 7. The van der Waals surface area contributed by atoms with Gasteiger partial charge in [-0.25, -0.2) is 4.98 Å². The van der Waals surface area contributed by atoms with Gasteiger partial charge in [-0.15, -0.1) is 0 Å². The molecule has 4 rings (SSSR count). The highest BCUT2D eigenvalue weighted by Crippen LogP contribution is 2.38. The van der Waals surface area contributed by atoms with Gasteiger partial charge in [0.25, 0.3) is 0 Å². The number of morpholine rings is 1. The number of rotatable bonds is 6. The molecule has 2 aromatic heterocycles. The first-order chi connectivity index (χ1) is 14.4. The van der Waals surface area contributed by atoms with Crippen molar-refractivity contribution in [2.24, 2.45) is 0 Å². The van der Waals surface area contributed by atoms with Gasteiger partial charge in [-0.2, -0.15) is 23.3 Å². The minimum absolute atomic E-state index is 0.0985. The van der Waals surface area contributed by atoms with Gasteiger partial charge in [-0.1, -0.05) is 0 Å². The number of nitrogens with one attached hydrogen (secondary N) is 2. The van der Waals surface area contributed by atoms with E-state index in [4.69, 9.17) is 4.74 Å². The van der Waals surface area contributed by atoms with Crippen LogP contribution in [0.2, 0.25) is 0 Å². The van der Waals surface area contributed by atoms with E-state index in [0.29, 0.717) is 24.3 Å². The molecule has 2 N–H and O–H groups in total. The molecule has 2 aromatic rings. The number of ether oxygens (including phenoxy) is 1. The summed E-state index contributed by atoms with van der Waals surface area (Å²) in [5.74, 6) is -0.138. The molecule has 0 amide bonds. The van der Waals surface area contributed by atoms with Gasteiger partial charge >= 0.3 is 6.18 Å². The molecule has 8 nitrogen and oxygen atoms in total. The molecule has 1 saturated heterocycles. The van der Waals surface area contributed by atoms with Crippen LogP contribution in [0.25, 0.3) is 0 Å². The molecule has 2 aliphatic rings. The fraction of sp³-hybridized carbons (Fsp3) is 0.632. The molecule has 1 aliphatic carbocycles. The molecule has 0 bridgehead atoms. The number of aromatic nitrogens is 4. The van der Waals surface area contributed by atoms with E-state index in [1.54, 1.807) is 13.1 Å². The molecule has 0 radical (unpaired) electrons. The van der Waals surface area contributed by atoms with Crippen molar-refractivity contribution >= 4 is 17.5 Å². The predicted octanol–water partition coefficient (Wildman–Crippen LogP) is 3.21. The summed E-state index contributed by atoms with van der Waals surface area (Å²) in [7, 11) is 0. The van der Waals surface area contributed by atoms with E-state index in [0.717, 1.165) is 51.0 Å². The minimum atomic E-state index is -4.52. The zero-order chi connectivity index (χ0) is 21.3. The van der Waals surface area contributed by atoms with Crippen molar-refractivity contribution in [2.75, 3.05) is 43.5 Å². The second-order valence-electron chi connectivity index (χ2n) is 7.62. The molecule has 0 spiro atoms. The van der Waals surface area contributed by atoms with Gasteiger partial charge in [0.1, 0.15) is 11.4 Å². The Balaban J connectivity index is 1.44. The lowest BCUT2D eigenvalue weighted by molar-refractivity contribution is -0.137. The molecule has 0 atom stereocenters. The smallest absolute Gasteiger partial charge is 0.379 e. The van der Waals surface area contributed by atoms with Crippen LogP contribution in [0.5, 0.6) is 0 Å². The van der Waals surface area contributed by atoms with Crippen molar-refractivity contribution in [3.05, 3.63) is 23.7 Å². The van der Waals surface area contributed by atoms with Gasteiger partial charge in [-0.3, -0.25) is 9.58 Å². The van der Waals surface area contributed by atoms with Crippen LogP contribution in [0.1, 0.15) is 37.1 Å². The summed E-state index contributed by atoms with van der Waals surface area (Å²) in [5, 5.41) is 10.2. The Hall–Kier alpha value is -2.40. The lowest BCUT2D eigenvalue weighted by atomic mass is 9.85. The second-order valence-corrected chi connectivity index (χ2v) is 7.62. The molecule has 0 unspecified atom stereocenters. The minimum Gasteiger partial charge on any atom is -0.379 e. The largest absolute Gasteiger partial charge is 0.421 e. The normalized spacial score (nSPS) is 22.6. The number of anilines is 3. The zero-order valence-corrected chi connectivity index (χ0v) is 17.0. The van der Waals surface area contributed by atoms with Crippen LogP contribution in [-0.2, 0) is 10.9 Å². The number of alkyl halides is 3. The molecule has 1 saturated carbocycles. The van der Waals surface area contributed by atoms with Crippen LogP contribution < -0.4 is 10.6 Å². The van der Waals surface area contributed by atoms with Crippen molar-refractivity contribution in [3.8, 4) is 0 Å². The molecule has 1 aliphatic heterocycles. The average Bonchev–Trinajstić information content (AvgIpc) is 3.01. The van der Waals surface area contributed by atoms with Gasteiger partial charge in [0.05, 0.1) is 36.8 Å². The summed E-state index contributed by atoms with van der Waals surface area (Å²) in [6, 6.07) is 0.874. The summed E-state index contributed by atoms with van der Waals surface area (Å²) in [5.41, 5.74) is 0.715. The Morgan fingerprint density at radius 1 is 1.17 bits per heavy atom. The van der Waals surface area contributed by atoms with Gasteiger partial charge in [0.2, 0.25) is 5.95 Å². The van der Waals surface area contributed by atoms with Crippen LogP contribution in [-0.4, -0.2) is 63.5 Å². The Morgan fingerprint density at radius 2 is 1.90 bits per heavy atom. The summed E-state index contributed by atoms with van der Waals surface area (Å²) < 4.78 is 46.8. The van der Waals surface area contributed by atoms with Crippen LogP contribution in [0, 0.1) is 6.92 Å². The van der Waals surface area contributed by atoms with Crippen molar-refractivity contribution < 1.29 is 17.9 Å². The Kier molecular flexibility index (Phi) is 5.83. The predicted molar refractivity (Wildman–Crippen MR) is 106 cm³/mol. The van der Waals surface area contributed by atoms with E-state index >= 15 is 0 Å². The fourth-order valence-electron chi connectivity index (χ4n) is 3.99. The SMILES string of the molecule is CCNc1nc(Nc2cnn(C3CC(N4CCOCC4)C3)c2C)ncc1C(F)(F)F. The maximum absolute atomic E-state index is 13.1. The highest BCUT2D eigenvalue weighted by Gasteiger charge is 2.37. The summed E-state index contributed by atoms with van der Waals surface area (Å²) in [6.07, 6.45) is 0.0159. The highest BCUT2D eigenvalue weighted by molar-refractivity contribution is 5.58. The Morgan fingerprint density at radius 3 is 2.57 bits per heavy atom. The highest BCUT2D eigenvalue weighted by atomic mass is 19.4. The topological polar surface area (TPSA) is 80.1 Å². The monoisotopic (exact) mass is 425 g/mol. The van der Waals surface area contributed by atoms with E-state index in [1.807, 2.05) is 11.6 Å². The van der Waals surface area contributed by atoms with Crippen LogP contribution >= 0.6 is 0 Å². The first-order valence-corrected chi connectivity index (χ1v) is 10.2. The number of halogens is 3. The van der Waals surface area contributed by atoms with E-state index in [9.17, 15) is 13.2 Å². The Bertz CT molecular complexity index is 873. The average molecular weight is 425 g/mol. The van der Waals surface area contributed by atoms with Gasteiger partial charge in [-0.05, 0) is 26.7 Å². The third-order valence-corrected chi connectivity index (χ3v) is 5.73. The maximum atomic E-state index is 13.1. The van der Waals surface area contributed by atoms with E-state index in [2.05, 4.69) is 30.6 Å². The molecule has 164 valence electrons. The second kappa shape index (κ2) is 8.38. The van der Waals surface area contributed by atoms with Crippen molar-refractivity contribution in [1.82, 2.24) is 24.6 Å². The maximum Gasteiger partial charge on any atom is 0.421 e. The van der Waals surface area contributed by atoms with Crippen LogP contribution in [0.15, 0.2) is 12.4 Å². The molecule has 11 heteroatoms. The Labute approximate surface area is 172 Å². The van der Waals surface area contributed by atoms with Crippen molar-refractivity contribution in [3.63, 3.8) is 0 Å². The summed E-state index contributed by atoms with van der Waals surface area (Å²) in [4.78, 5) is 10.3. The summed E-state index contributed by atoms with van der Waals surface area (Å²) >= 11 is 0. The lowest BCUT2D eigenvalue weighted by Crippen LogP contribution is -2.50. The van der Waals surface area contributed by atoms with Crippen LogP contribution in [0.4, 0.5) is 30.6 Å². The molecule has 2 fully saturated rings. The third-order valence-electron chi connectivity index (χ3n) is 5.73. The molecular formula is C19H26F3N7O. The van der Waals surface area contributed by atoms with Gasteiger partial charge in [0.15, 0.2) is 0 Å². The quantitative estimate of drug-likeness (QED) is 0.736. The molecule has 3 heterocycles. The zero-order valence-electron chi connectivity index (χ0n) is 17.0. The molecular weight excluding hydrogens is 399 g/mol. The first kappa shape index (κ1) is 20.9. The van der Waals surface area contributed by atoms with Crippen molar-refractivity contribution in [2.45, 2.75) is 44.9 Å².